The fourth-order valence-electron chi connectivity index (χ4n) is 3.33. The van der Waals surface area contributed by atoms with Crippen molar-refractivity contribution in [3.05, 3.63) is 102 Å². The molecule has 0 aliphatic carbocycles. The molecule has 3 aromatic rings. The summed E-state index contributed by atoms with van der Waals surface area (Å²) in [5.74, 6) is -0.0529. The molecule has 0 saturated carbocycles. The number of nitro groups is 1. The number of carbonyl (C=O) groups is 1. The second kappa shape index (κ2) is 11.0. The summed E-state index contributed by atoms with van der Waals surface area (Å²) in [7, 11) is 0. The van der Waals surface area contributed by atoms with Crippen molar-refractivity contribution in [2.75, 3.05) is 6.61 Å². The van der Waals surface area contributed by atoms with Crippen LogP contribution in [0.1, 0.15) is 23.6 Å². The Hall–Kier alpha value is -3.59. The third kappa shape index (κ3) is 5.79. The Labute approximate surface area is 220 Å². The molecule has 0 radical (unpaired) electrons. The molecule has 8 nitrogen and oxygen atoms in total. The summed E-state index contributed by atoms with van der Waals surface area (Å²) in [5, 5.41) is 11.8. The standard InChI is InChI=1S/C25H17Cl3N2O6/c1-2-34-22-11-15(9-20(28)23(22)35-13-14-4-3-5-16(26)8-14)10-21-25(31)36-24(29-21)18-7-6-17(30(32)33)12-19(18)27/h3-12H,2,13H2,1H3/b21-10-. The summed E-state index contributed by atoms with van der Waals surface area (Å²) in [6.45, 7) is 2.39. The van der Waals surface area contributed by atoms with E-state index in [2.05, 4.69) is 4.99 Å². The zero-order valence-corrected chi connectivity index (χ0v) is 20.9. The Kier molecular flexibility index (Phi) is 7.79. The molecule has 1 aliphatic rings. The molecule has 0 saturated heterocycles. The van der Waals surface area contributed by atoms with Crippen molar-refractivity contribution in [1.29, 1.82) is 0 Å². The highest BCUT2D eigenvalue weighted by Crippen LogP contribution is 2.38. The van der Waals surface area contributed by atoms with Gasteiger partial charge in [0.15, 0.2) is 17.2 Å². The first-order valence-electron chi connectivity index (χ1n) is 10.6. The predicted octanol–water partition coefficient (Wildman–Crippen LogP) is 6.88. The van der Waals surface area contributed by atoms with Gasteiger partial charge in [-0.15, -0.1) is 0 Å². The minimum atomic E-state index is -0.713. The molecular weight excluding hydrogens is 531 g/mol. The first kappa shape index (κ1) is 25.5. The number of halogens is 3. The number of hydrogen-bond acceptors (Lipinski definition) is 7. The van der Waals surface area contributed by atoms with Gasteiger partial charge in [0.1, 0.15) is 6.61 Å². The summed E-state index contributed by atoms with van der Waals surface area (Å²) >= 11 is 18.7. The zero-order valence-electron chi connectivity index (χ0n) is 18.7. The molecule has 0 bridgehead atoms. The molecule has 1 aliphatic heterocycles. The minimum absolute atomic E-state index is 0.00877. The van der Waals surface area contributed by atoms with Gasteiger partial charge >= 0.3 is 5.97 Å². The lowest BCUT2D eigenvalue weighted by atomic mass is 10.1. The van der Waals surface area contributed by atoms with Gasteiger partial charge in [-0.1, -0.05) is 46.9 Å². The lowest BCUT2D eigenvalue weighted by molar-refractivity contribution is -0.384. The van der Waals surface area contributed by atoms with Crippen LogP contribution in [0.25, 0.3) is 6.08 Å². The smallest absolute Gasteiger partial charge is 0.363 e. The Bertz CT molecular complexity index is 1420. The summed E-state index contributed by atoms with van der Waals surface area (Å²) in [5.41, 5.74) is 1.42. The van der Waals surface area contributed by atoms with Crippen LogP contribution < -0.4 is 9.47 Å². The van der Waals surface area contributed by atoms with Gasteiger partial charge in [0.05, 0.1) is 27.1 Å². The molecule has 3 aromatic carbocycles. The molecule has 0 spiro atoms. The molecule has 0 fully saturated rings. The van der Waals surface area contributed by atoms with Crippen molar-refractivity contribution in [2.24, 2.45) is 4.99 Å². The maximum absolute atomic E-state index is 12.4. The average molecular weight is 548 g/mol. The number of hydrogen-bond donors (Lipinski definition) is 0. The number of nitro benzene ring substituents is 1. The van der Waals surface area contributed by atoms with Crippen LogP contribution in [0.3, 0.4) is 0 Å². The van der Waals surface area contributed by atoms with Gasteiger partial charge in [-0.05, 0) is 54.5 Å². The van der Waals surface area contributed by atoms with Gasteiger partial charge in [-0.2, -0.15) is 0 Å². The van der Waals surface area contributed by atoms with Crippen molar-refractivity contribution in [2.45, 2.75) is 13.5 Å². The number of benzene rings is 3. The van der Waals surface area contributed by atoms with Crippen molar-refractivity contribution < 1.29 is 23.9 Å². The summed E-state index contributed by atoms with van der Waals surface area (Å²) < 4.78 is 16.8. The third-order valence-corrected chi connectivity index (χ3v) is 5.75. The molecule has 0 unspecified atom stereocenters. The first-order chi connectivity index (χ1) is 17.2. The van der Waals surface area contributed by atoms with E-state index in [-0.39, 0.29) is 39.5 Å². The molecule has 1 heterocycles. The molecular formula is C25H17Cl3N2O6. The molecule has 0 amide bonds. The van der Waals surface area contributed by atoms with Gasteiger partial charge in [0, 0.05) is 17.2 Å². The minimum Gasteiger partial charge on any atom is -0.490 e. The quantitative estimate of drug-likeness (QED) is 0.132. The maximum Gasteiger partial charge on any atom is 0.363 e. The number of ether oxygens (including phenoxy) is 3. The van der Waals surface area contributed by atoms with Crippen LogP contribution >= 0.6 is 34.8 Å². The van der Waals surface area contributed by atoms with E-state index in [0.29, 0.717) is 28.7 Å². The number of rotatable bonds is 8. The second-order valence-electron chi connectivity index (χ2n) is 7.44. The van der Waals surface area contributed by atoms with E-state index in [1.165, 1.54) is 18.2 Å². The molecule has 0 atom stereocenters. The van der Waals surface area contributed by atoms with Crippen molar-refractivity contribution >= 4 is 58.4 Å². The normalized spacial score (nSPS) is 13.9. The SMILES string of the molecule is CCOc1cc(/C=C2\N=C(c3ccc([N+](=O)[O-])cc3Cl)OC2=O)cc(Cl)c1OCc1cccc(Cl)c1. The average Bonchev–Trinajstić information content (AvgIpc) is 3.18. The van der Waals surface area contributed by atoms with Crippen LogP contribution in [-0.4, -0.2) is 23.4 Å². The highest BCUT2D eigenvalue weighted by Gasteiger charge is 2.27. The van der Waals surface area contributed by atoms with E-state index in [1.54, 1.807) is 24.3 Å². The van der Waals surface area contributed by atoms with Crippen LogP contribution in [0.5, 0.6) is 11.5 Å². The number of aliphatic imine (C=N–C) groups is 1. The number of cyclic esters (lactones) is 1. The van der Waals surface area contributed by atoms with Crippen LogP contribution in [0, 0.1) is 10.1 Å². The number of carbonyl (C=O) groups excluding carboxylic acids is 1. The summed E-state index contributed by atoms with van der Waals surface area (Å²) in [6, 6.07) is 14.3. The third-order valence-electron chi connectivity index (χ3n) is 4.92. The van der Waals surface area contributed by atoms with Crippen molar-refractivity contribution in [3.8, 4) is 11.5 Å². The van der Waals surface area contributed by atoms with Gasteiger partial charge < -0.3 is 14.2 Å². The van der Waals surface area contributed by atoms with E-state index in [1.807, 2.05) is 19.1 Å². The largest absolute Gasteiger partial charge is 0.490 e. The molecule has 36 heavy (non-hydrogen) atoms. The highest BCUT2D eigenvalue weighted by atomic mass is 35.5. The van der Waals surface area contributed by atoms with Crippen LogP contribution in [0.4, 0.5) is 5.69 Å². The predicted molar refractivity (Wildman–Crippen MR) is 137 cm³/mol. The van der Waals surface area contributed by atoms with Gasteiger partial charge in [-0.25, -0.2) is 9.79 Å². The topological polar surface area (TPSA) is 100 Å². The Morgan fingerprint density at radius 2 is 1.86 bits per heavy atom. The Balaban J connectivity index is 1.62. The summed E-state index contributed by atoms with van der Waals surface area (Å²) in [4.78, 5) is 27.0. The maximum atomic E-state index is 12.4. The number of esters is 1. The monoisotopic (exact) mass is 546 g/mol. The zero-order chi connectivity index (χ0) is 25.8. The Morgan fingerprint density at radius 3 is 2.56 bits per heavy atom. The molecule has 0 aromatic heterocycles. The van der Waals surface area contributed by atoms with Gasteiger partial charge in [0.2, 0.25) is 5.90 Å². The van der Waals surface area contributed by atoms with E-state index in [4.69, 9.17) is 49.0 Å². The van der Waals surface area contributed by atoms with Gasteiger partial charge in [0.25, 0.3) is 5.69 Å². The summed E-state index contributed by atoms with van der Waals surface area (Å²) in [6.07, 6.45) is 1.48. The van der Waals surface area contributed by atoms with Crippen molar-refractivity contribution in [1.82, 2.24) is 0 Å². The van der Waals surface area contributed by atoms with E-state index in [0.717, 1.165) is 11.6 Å². The number of non-ortho nitro benzene ring substituents is 1. The molecule has 184 valence electrons. The first-order valence-corrected chi connectivity index (χ1v) is 11.7. The number of nitrogens with zero attached hydrogens (tertiary/aromatic N) is 2. The van der Waals surface area contributed by atoms with Crippen LogP contribution in [0.2, 0.25) is 15.1 Å². The van der Waals surface area contributed by atoms with E-state index >= 15 is 0 Å². The fourth-order valence-corrected chi connectivity index (χ4v) is 4.07. The van der Waals surface area contributed by atoms with Crippen LogP contribution in [-0.2, 0) is 16.1 Å². The fraction of sp³-hybridized carbons (Fsp3) is 0.120. The van der Waals surface area contributed by atoms with E-state index in [9.17, 15) is 14.9 Å². The highest BCUT2D eigenvalue weighted by molar-refractivity contribution is 6.35. The second-order valence-corrected chi connectivity index (χ2v) is 8.69. The van der Waals surface area contributed by atoms with E-state index < -0.39 is 10.9 Å². The van der Waals surface area contributed by atoms with Gasteiger partial charge in [-0.3, -0.25) is 10.1 Å². The molecule has 11 heteroatoms. The lowest BCUT2D eigenvalue weighted by Gasteiger charge is -2.14. The Morgan fingerprint density at radius 1 is 1.06 bits per heavy atom. The molecule has 4 rings (SSSR count). The molecule has 0 N–H and O–H groups in total. The van der Waals surface area contributed by atoms with Crippen molar-refractivity contribution in [3.63, 3.8) is 0 Å². The van der Waals surface area contributed by atoms with Crippen LogP contribution in [0.15, 0.2) is 65.3 Å². The lowest BCUT2D eigenvalue weighted by Crippen LogP contribution is -2.06.